The van der Waals surface area contributed by atoms with Crippen LogP contribution in [0.5, 0.6) is 0 Å². The van der Waals surface area contributed by atoms with E-state index >= 15 is 0 Å². The Hall–Kier alpha value is -2.16. The topological polar surface area (TPSA) is 49.3 Å². The first-order valence-electron chi connectivity index (χ1n) is 8.83. The Bertz CT molecular complexity index is 796. The number of alkyl halides is 3. The zero-order valence-electron chi connectivity index (χ0n) is 15.2. The summed E-state index contributed by atoms with van der Waals surface area (Å²) in [6, 6.07) is 2.42. The molecule has 0 saturated carbocycles. The zero-order valence-corrected chi connectivity index (χ0v) is 16.0. The van der Waals surface area contributed by atoms with Crippen LogP contribution >= 0.6 is 11.3 Å². The molecule has 0 spiro atoms. The van der Waals surface area contributed by atoms with Gasteiger partial charge in [-0.1, -0.05) is 6.92 Å². The Morgan fingerprint density at radius 2 is 1.93 bits per heavy atom. The number of hydrogen-bond donors (Lipinski definition) is 0. The number of pyridine rings is 1. The first kappa shape index (κ1) is 19.6. The zero-order chi connectivity index (χ0) is 19.6. The molecule has 0 unspecified atom stereocenters. The highest BCUT2D eigenvalue weighted by Gasteiger charge is 2.31. The van der Waals surface area contributed by atoms with Gasteiger partial charge in [0.15, 0.2) is 0 Å². The van der Waals surface area contributed by atoms with E-state index in [1.807, 2.05) is 11.8 Å². The van der Waals surface area contributed by atoms with E-state index in [-0.39, 0.29) is 5.91 Å². The molecule has 0 bridgehead atoms. The summed E-state index contributed by atoms with van der Waals surface area (Å²) in [6.07, 6.45) is -1.69. The maximum Gasteiger partial charge on any atom is 0.417 e. The molecule has 0 aliphatic carbocycles. The van der Waals surface area contributed by atoms with Gasteiger partial charge in [0.05, 0.1) is 16.3 Å². The summed E-state index contributed by atoms with van der Waals surface area (Å²) in [7, 11) is 0. The van der Waals surface area contributed by atoms with Gasteiger partial charge in [0.2, 0.25) is 0 Å². The third-order valence-corrected chi connectivity index (χ3v) is 5.67. The van der Waals surface area contributed by atoms with Crippen molar-refractivity contribution in [1.82, 2.24) is 14.9 Å². The molecule has 27 heavy (non-hydrogen) atoms. The Kier molecular flexibility index (Phi) is 5.69. The predicted molar refractivity (Wildman–Crippen MR) is 98.2 cm³/mol. The minimum atomic E-state index is -4.39. The Balaban J connectivity index is 1.62. The van der Waals surface area contributed by atoms with Crippen LogP contribution in [0.25, 0.3) is 0 Å². The molecular formula is C18H21F3N4OS. The number of nitrogens with zero attached hydrogens (tertiary/aromatic N) is 4. The number of piperazine rings is 1. The Morgan fingerprint density at radius 1 is 1.22 bits per heavy atom. The van der Waals surface area contributed by atoms with Gasteiger partial charge >= 0.3 is 6.18 Å². The molecule has 3 heterocycles. The van der Waals surface area contributed by atoms with Crippen molar-refractivity contribution in [2.75, 3.05) is 31.1 Å². The number of carbonyl (C=O) groups excluding carboxylic acids is 1. The Labute approximate surface area is 159 Å². The normalized spacial score (nSPS) is 15.3. The van der Waals surface area contributed by atoms with Gasteiger partial charge < -0.3 is 9.80 Å². The van der Waals surface area contributed by atoms with Gasteiger partial charge in [0.1, 0.15) is 10.7 Å². The molecule has 1 aliphatic rings. The van der Waals surface area contributed by atoms with Gasteiger partial charge in [0, 0.05) is 32.4 Å². The van der Waals surface area contributed by atoms with Crippen molar-refractivity contribution in [2.45, 2.75) is 32.9 Å². The summed E-state index contributed by atoms with van der Waals surface area (Å²) in [4.78, 5) is 25.5. The predicted octanol–water partition coefficient (Wildman–Crippen LogP) is 3.78. The van der Waals surface area contributed by atoms with Gasteiger partial charge in [-0.15, -0.1) is 11.3 Å². The van der Waals surface area contributed by atoms with Crippen molar-refractivity contribution in [3.8, 4) is 0 Å². The van der Waals surface area contributed by atoms with E-state index in [2.05, 4.69) is 16.9 Å². The van der Waals surface area contributed by atoms with Crippen molar-refractivity contribution >= 4 is 23.1 Å². The fourth-order valence-corrected chi connectivity index (χ4v) is 4.13. The van der Waals surface area contributed by atoms with Crippen LogP contribution in [0.4, 0.5) is 19.0 Å². The average molecular weight is 398 g/mol. The summed E-state index contributed by atoms with van der Waals surface area (Å²) in [5.41, 5.74) is 0.00361. The third-order valence-electron chi connectivity index (χ3n) is 4.47. The lowest BCUT2D eigenvalue weighted by molar-refractivity contribution is -0.137. The molecule has 2 aromatic heterocycles. The standard InChI is InChI=1S/C18H21F3N4OS/c1-3-4-15-23-12(2)16(27-15)17(26)25-9-7-24(8-10-25)14-6-5-13(11-22-14)18(19,20)21/h5-6,11H,3-4,7-10H2,1-2H3. The molecular weight excluding hydrogens is 377 g/mol. The van der Waals surface area contributed by atoms with Crippen molar-refractivity contribution in [3.05, 3.63) is 39.5 Å². The molecule has 0 aromatic carbocycles. The molecule has 0 atom stereocenters. The maximum atomic E-state index is 12.8. The molecule has 3 rings (SSSR count). The summed E-state index contributed by atoms with van der Waals surface area (Å²) >= 11 is 1.45. The minimum absolute atomic E-state index is 0.0209. The number of carbonyl (C=O) groups is 1. The third kappa shape index (κ3) is 4.40. The first-order valence-corrected chi connectivity index (χ1v) is 9.65. The van der Waals surface area contributed by atoms with Crippen LogP contribution in [0.15, 0.2) is 18.3 Å². The van der Waals surface area contributed by atoms with E-state index < -0.39 is 11.7 Å². The number of aromatic nitrogens is 2. The number of anilines is 1. The van der Waals surface area contributed by atoms with Gasteiger partial charge in [0.25, 0.3) is 5.91 Å². The summed E-state index contributed by atoms with van der Waals surface area (Å²) in [5.74, 6) is 0.474. The molecule has 5 nitrogen and oxygen atoms in total. The van der Waals surface area contributed by atoms with Crippen molar-refractivity contribution < 1.29 is 18.0 Å². The second-order valence-electron chi connectivity index (χ2n) is 6.45. The van der Waals surface area contributed by atoms with Crippen LogP contribution in [0.2, 0.25) is 0 Å². The van der Waals surface area contributed by atoms with Crippen LogP contribution in [0.3, 0.4) is 0 Å². The van der Waals surface area contributed by atoms with Gasteiger partial charge in [-0.25, -0.2) is 9.97 Å². The van der Waals surface area contributed by atoms with Crippen molar-refractivity contribution in [3.63, 3.8) is 0 Å². The second kappa shape index (κ2) is 7.84. The highest BCUT2D eigenvalue weighted by Crippen LogP contribution is 2.29. The summed E-state index contributed by atoms with van der Waals surface area (Å²) < 4.78 is 37.9. The van der Waals surface area contributed by atoms with Crippen molar-refractivity contribution in [2.24, 2.45) is 0 Å². The van der Waals surface area contributed by atoms with E-state index in [1.54, 1.807) is 4.90 Å². The number of rotatable bonds is 4. The lowest BCUT2D eigenvalue weighted by Gasteiger charge is -2.35. The summed E-state index contributed by atoms with van der Waals surface area (Å²) in [5, 5.41) is 0.978. The largest absolute Gasteiger partial charge is 0.417 e. The van der Waals surface area contributed by atoms with E-state index in [9.17, 15) is 18.0 Å². The quantitative estimate of drug-likeness (QED) is 0.787. The Morgan fingerprint density at radius 3 is 2.48 bits per heavy atom. The number of thiazole rings is 1. The summed E-state index contributed by atoms with van der Waals surface area (Å²) in [6.45, 7) is 6.00. The van der Waals surface area contributed by atoms with Crippen LogP contribution in [0.1, 0.15) is 39.3 Å². The van der Waals surface area contributed by atoms with E-state index in [0.29, 0.717) is 36.9 Å². The number of halogens is 3. The van der Waals surface area contributed by atoms with E-state index in [0.717, 1.165) is 35.8 Å². The fourth-order valence-electron chi connectivity index (χ4n) is 2.99. The van der Waals surface area contributed by atoms with Gasteiger partial charge in [-0.2, -0.15) is 13.2 Å². The number of amides is 1. The molecule has 1 fully saturated rings. The monoisotopic (exact) mass is 398 g/mol. The van der Waals surface area contributed by atoms with E-state index in [1.165, 1.54) is 17.4 Å². The van der Waals surface area contributed by atoms with Crippen molar-refractivity contribution in [1.29, 1.82) is 0 Å². The molecule has 146 valence electrons. The average Bonchev–Trinajstić information content (AvgIpc) is 3.01. The van der Waals surface area contributed by atoms with Gasteiger partial charge in [-0.3, -0.25) is 4.79 Å². The molecule has 1 saturated heterocycles. The lowest BCUT2D eigenvalue weighted by atomic mass is 10.2. The molecule has 0 N–H and O–H groups in total. The SMILES string of the molecule is CCCc1nc(C)c(C(=O)N2CCN(c3ccc(C(F)(F)F)cn3)CC2)s1. The number of aryl methyl sites for hydroxylation is 2. The molecule has 1 amide bonds. The highest BCUT2D eigenvalue weighted by atomic mass is 32.1. The van der Waals surface area contributed by atoms with Gasteiger partial charge in [-0.05, 0) is 31.9 Å². The fraction of sp³-hybridized carbons (Fsp3) is 0.500. The van der Waals surface area contributed by atoms with E-state index in [4.69, 9.17) is 0 Å². The first-order chi connectivity index (χ1) is 12.8. The van der Waals surface area contributed by atoms with Crippen LogP contribution in [-0.2, 0) is 12.6 Å². The number of hydrogen-bond acceptors (Lipinski definition) is 5. The van der Waals surface area contributed by atoms with Crippen LogP contribution < -0.4 is 4.90 Å². The molecule has 9 heteroatoms. The second-order valence-corrected chi connectivity index (χ2v) is 7.54. The molecule has 2 aromatic rings. The highest BCUT2D eigenvalue weighted by molar-refractivity contribution is 7.13. The maximum absolute atomic E-state index is 12.8. The molecule has 1 aliphatic heterocycles. The van der Waals surface area contributed by atoms with Crippen LogP contribution in [0, 0.1) is 6.92 Å². The lowest BCUT2D eigenvalue weighted by Crippen LogP contribution is -2.49. The minimum Gasteiger partial charge on any atom is -0.353 e. The smallest absolute Gasteiger partial charge is 0.353 e. The van der Waals surface area contributed by atoms with Crippen LogP contribution in [-0.4, -0.2) is 47.0 Å². The molecule has 0 radical (unpaired) electrons.